The molecule has 0 radical (unpaired) electrons. The summed E-state index contributed by atoms with van der Waals surface area (Å²) in [7, 11) is -3.61. The summed E-state index contributed by atoms with van der Waals surface area (Å²) in [6.07, 6.45) is 0.853. The minimum absolute atomic E-state index is 0.206. The summed E-state index contributed by atoms with van der Waals surface area (Å²) in [4.78, 5) is 2.58. The summed E-state index contributed by atoms with van der Waals surface area (Å²) >= 11 is 0. The molecule has 1 aliphatic heterocycles. The maximum absolute atomic E-state index is 11.4. The molecule has 21 heavy (non-hydrogen) atoms. The van der Waals surface area contributed by atoms with Crippen LogP contribution in [0, 0.1) is 0 Å². The minimum atomic E-state index is -3.61. The molecule has 0 spiro atoms. The average Bonchev–Trinajstić information content (AvgIpc) is 2.47. The number of rotatable bonds is 3. The monoisotopic (exact) mass is 302 g/mol. The number of hydrogen-bond donors (Lipinski definition) is 1. The molecule has 0 atom stereocenters. The van der Waals surface area contributed by atoms with Gasteiger partial charge in [-0.15, -0.1) is 0 Å². The lowest BCUT2D eigenvalue weighted by atomic mass is 9.99. The van der Waals surface area contributed by atoms with Crippen LogP contribution in [0.15, 0.2) is 53.4 Å². The van der Waals surface area contributed by atoms with Crippen LogP contribution in [0.5, 0.6) is 0 Å². The van der Waals surface area contributed by atoms with Crippen molar-refractivity contribution in [2.45, 2.75) is 24.4 Å². The summed E-state index contributed by atoms with van der Waals surface area (Å²) < 4.78 is 22.8. The Bertz CT molecular complexity index is 742. The second-order valence-electron chi connectivity index (χ2n) is 5.42. The van der Waals surface area contributed by atoms with E-state index in [1.165, 1.54) is 11.1 Å². The van der Waals surface area contributed by atoms with Gasteiger partial charge in [0.15, 0.2) is 0 Å². The van der Waals surface area contributed by atoms with Crippen molar-refractivity contribution in [3.8, 4) is 0 Å². The first-order valence-corrected chi connectivity index (χ1v) is 8.48. The minimum Gasteiger partial charge on any atom is -0.294 e. The Labute approximate surface area is 125 Å². The lowest BCUT2D eigenvalue weighted by Crippen LogP contribution is -2.30. The third-order valence-electron chi connectivity index (χ3n) is 3.85. The Morgan fingerprint density at radius 1 is 1.05 bits per heavy atom. The first-order valence-electron chi connectivity index (χ1n) is 6.93. The highest BCUT2D eigenvalue weighted by Gasteiger charge is 2.18. The van der Waals surface area contributed by atoms with E-state index in [1.807, 2.05) is 24.3 Å². The van der Waals surface area contributed by atoms with Crippen molar-refractivity contribution in [1.29, 1.82) is 0 Å². The van der Waals surface area contributed by atoms with Gasteiger partial charge in [-0.25, -0.2) is 13.6 Å². The van der Waals surface area contributed by atoms with Crippen LogP contribution in [0.25, 0.3) is 0 Å². The van der Waals surface area contributed by atoms with Gasteiger partial charge in [0.1, 0.15) is 0 Å². The Hall–Kier alpha value is -1.69. The number of nitrogens with two attached hydrogens (primary N) is 1. The summed E-state index contributed by atoms with van der Waals surface area (Å²) in [6.45, 7) is 2.68. The summed E-state index contributed by atoms with van der Waals surface area (Å²) in [5, 5.41) is 5.18. The van der Waals surface area contributed by atoms with Crippen LogP contribution in [0.1, 0.15) is 16.7 Å². The maximum Gasteiger partial charge on any atom is 0.238 e. The van der Waals surface area contributed by atoms with Gasteiger partial charge in [0, 0.05) is 19.6 Å². The van der Waals surface area contributed by atoms with Crippen molar-refractivity contribution < 1.29 is 8.42 Å². The SMILES string of the molecule is NS(=O)(=O)c1ccc2c(c1)CCN(Cc1ccccc1)C2. The van der Waals surface area contributed by atoms with Crippen molar-refractivity contribution in [1.82, 2.24) is 4.90 Å². The van der Waals surface area contributed by atoms with Gasteiger partial charge in [-0.2, -0.15) is 0 Å². The molecule has 1 aliphatic rings. The van der Waals surface area contributed by atoms with Crippen LogP contribution < -0.4 is 5.14 Å². The average molecular weight is 302 g/mol. The van der Waals surface area contributed by atoms with Crippen LogP contribution in [0.4, 0.5) is 0 Å². The first kappa shape index (κ1) is 14.3. The fraction of sp³-hybridized carbons (Fsp3) is 0.250. The summed E-state index contributed by atoms with van der Waals surface area (Å²) in [6, 6.07) is 15.6. The van der Waals surface area contributed by atoms with Crippen LogP contribution in [-0.2, 0) is 29.5 Å². The Kier molecular flexibility index (Phi) is 3.80. The van der Waals surface area contributed by atoms with E-state index in [9.17, 15) is 8.42 Å². The molecular formula is C16H18N2O2S. The van der Waals surface area contributed by atoms with E-state index in [-0.39, 0.29) is 4.90 Å². The molecule has 0 saturated carbocycles. The third-order valence-corrected chi connectivity index (χ3v) is 4.76. The van der Waals surface area contributed by atoms with Crippen molar-refractivity contribution in [2.75, 3.05) is 6.54 Å². The standard InChI is InChI=1S/C16H18N2O2S/c17-21(19,20)16-7-6-15-12-18(9-8-14(15)10-16)11-13-4-2-1-3-5-13/h1-7,10H,8-9,11-12H2,(H2,17,19,20). The molecule has 0 aromatic heterocycles. The molecule has 2 N–H and O–H groups in total. The van der Waals surface area contributed by atoms with Crippen molar-refractivity contribution in [3.05, 3.63) is 65.2 Å². The van der Waals surface area contributed by atoms with E-state index in [2.05, 4.69) is 17.0 Å². The smallest absolute Gasteiger partial charge is 0.238 e. The maximum atomic E-state index is 11.4. The fourth-order valence-electron chi connectivity index (χ4n) is 2.74. The molecule has 2 aromatic carbocycles. The molecule has 0 amide bonds. The van der Waals surface area contributed by atoms with Crippen molar-refractivity contribution >= 4 is 10.0 Å². The van der Waals surface area contributed by atoms with Gasteiger partial charge < -0.3 is 0 Å². The van der Waals surface area contributed by atoms with E-state index >= 15 is 0 Å². The predicted molar refractivity (Wildman–Crippen MR) is 82.1 cm³/mol. The summed E-state index contributed by atoms with van der Waals surface area (Å²) in [5.74, 6) is 0. The van der Waals surface area contributed by atoms with Gasteiger partial charge in [0.05, 0.1) is 4.90 Å². The molecule has 0 bridgehead atoms. The first-order chi connectivity index (χ1) is 10.0. The Balaban J connectivity index is 1.77. The Morgan fingerprint density at radius 3 is 2.52 bits per heavy atom. The lowest BCUT2D eigenvalue weighted by molar-refractivity contribution is 0.245. The predicted octanol–water partition coefficient (Wildman–Crippen LogP) is 1.89. The van der Waals surface area contributed by atoms with E-state index in [4.69, 9.17) is 5.14 Å². The molecule has 3 rings (SSSR count). The quantitative estimate of drug-likeness (QED) is 0.942. The van der Waals surface area contributed by atoms with Gasteiger partial charge >= 0.3 is 0 Å². The lowest BCUT2D eigenvalue weighted by Gasteiger charge is -2.29. The largest absolute Gasteiger partial charge is 0.294 e. The highest BCUT2D eigenvalue weighted by atomic mass is 32.2. The molecule has 110 valence electrons. The van der Waals surface area contributed by atoms with E-state index in [0.29, 0.717) is 0 Å². The second-order valence-corrected chi connectivity index (χ2v) is 6.98. The van der Waals surface area contributed by atoms with Crippen molar-refractivity contribution in [3.63, 3.8) is 0 Å². The van der Waals surface area contributed by atoms with Crippen LogP contribution in [0.3, 0.4) is 0 Å². The fourth-order valence-corrected chi connectivity index (χ4v) is 3.31. The van der Waals surface area contributed by atoms with E-state index in [0.717, 1.165) is 31.6 Å². The van der Waals surface area contributed by atoms with Crippen LogP contribution in [-0.4, -0.2) is 19.9 Å². The zero-order valence-corrected chi connectivity index (χ0v) is 12.5. The number of nitrogens with zero attached hydrogens (tertiary/aromatic N) is 1. The molecule has 0 unspecified atom stereocenters. The molecule has 2 aromatic rings. The van der Waals surface area contributed by atoms with Gasteiger partial charge in [0.2, 0.25) is 10.0 Å². The van der Waals surface area contributed by atoms with Crippen molar-refractivity contribution in [2.24, 2.45) is 5.14 Å². The second kappa shape index (κ2) is 5.60. The molecule has 0 saturated heterocycles. The number of fused-ring (bicyclic) bond motifs is 1. The molecular weight excluding hydrogens is 284 g/mol. The van der Waals surface area contributed by atoms with Gasteiger partial charge in [-0.05, 0) is 35.2 Å². The topological polar surface area (TPSA) is 63.4 Å². The molecule has 1 heterocycles. The van der Waals surface area contributed by atoms with E-state index < -0.39 is 10.0 Å². The van der Waals surface area contributed by atoms with E-state index in [1.54, 1.807) is 12.1 Å². The van der Waals surface area contributed by atoms with Crippen LogP contribution in [0.2, 0.25) is 0 Å². The summed E-state index contributed by atoms with van der Waals surface area (Å²) in [5.41, 5.74) is 3.57. The molecule has 5 heteroatoms. The Morgan fingerprint density at radius 2 is 1.81 bits per heavy atom. The molecule has 0 aliphatic carbocycles. The number of primary sulfonamides is 1. The normalized spacial score (nSPS) is 15.7. The number of benzene rings is 2. The molecule has 4 nitrogen and oxygen atoms in total. The molecule has 0 fully saturated rings. The number of hydrogen-bond acceptors (Lipinski definition) is 3. The number of sulfonamides is 1. The zero-order chi connectivity index (χ0) is 14.9. The van der Waals surface area contributed by atoms with Crippen LogP contribution >= 0.6 is 0 Å². The highest BCUT2D eigenvalue weighted by molar-refractivity contribution is 7.89. The van der Waals surface area contributed by atoms with Gasteiger partial charge in [0.25, 0.3) is 0 Å². The highest BCUT2D eigenvalue weighted by Crippen LogP contribution is 2.23. The third kappa shape index (κ3) is 3.32. The zero-order valence-electron chi connectivity index (χ0n) is 11.7. The van der Waals surface area contributed by atoms with Gasteiger partial charge in [-0.1, -0.05) is 36.4 Å². The van der Waals surface area contributed by atoms with Gasteiger partial charge in [-0.3, -0.25) is 4.90 Å².